The first-order valence-electron chi connectivity index (χ1n) is 7.57. The third-order valence-electron chi connectivity index (χ3n) is 3.75. The van der Waals surface area contributed by atoms with Gasteiger partial charge in [0, 0.05) is 18.0 Å². The minimum absolute atomic E-state index is 0.0886. The Labute approximate surface area is 140 Å². The van der Waals surface area contributed by atoms with E-state index in [-0.39, 0.29) is 12.1 Å². The van der Waals surface area contributed by atoms with Crippen LogP contribution in [0.1, 0.15) is 29.3 Å². The van der Waals surface area contributed by atoms with Crippen molar-refractivity contribution in [2.75, 3.05) is 13.2 Å². The van der Waals surface area contributed by atoms with Gasteiger partial charge in [-0.3, -0.25) is 0 Å². The lowest BCUT2D eigenvalue weighted by molar-refractivity contribution is 0.114. The van der Waals surface area contributed by atoms with Gasteiger partial charge in [0.25, 0.3) is 0 Å². The molecule has 5 heteroatoms. The fourth-order valence-corrected chi connectivity index (χ4v) is 3.62. The van der Waals surface area contributed by atoms with E-state index < -0.39 is 0 Å². The molecule has 0 bridgehead atoms. The summed E-state index contributed by atoms with van der Waals surface area (Å²) in [5.74, 6) is 0. The highest BCUT2D eigenvalue weighted by Gasteiger charge is 2.18. The molecule has 2 atom stereocenters. The Morgan fingerprint density at radius 3 is 2.82 bits per heavy atom. The number of hydrogen-bond donors (Lipinski definition) is 2. The zero-order chi connectivity index (χ0) is 15.2. The Kier molecular flexibility index (Phi) is 5.43. The summed E-state index contributed by atoms with van der Waals surface area (Å²) in [6, 6.07) is 14.7. The van der Waals surface area contributed by atoms with Gasteiger partial charge in [-0.15, -0.1) is 11.3 Å². The highest BCUT2D eigenvalue weighted by molar-refractivity contribution is 7.80. The molecular formula is C17H20N2OS2. The van der Waals surface area contributed by atoms with E-state index in [9.17, 15) is 0 Å². The molecule has 3 nitrogen and oxygen atoms in total. The van der Waals surface area contributed by atoms with Crippen LogP contribution in [-0.2, 0) is 4.74 Å². The number of thiophene rings is 1. The van der Waals surface area contributed by atoms with Gasteiger partial charge in [0.2, 0.25) is 0 Å². The topological polar surface area (TPSA) is 33.3 Å². The van der Waals surface area contributed by atoms with Crippen molar-refractivity contribution < 1.29 is 4.74 Å². The molecule has 1 saturated heterocycles. The number of ether oxygens (including phenoxy) is 1. The molecule has 0 saturated carbocycles. The van der Waals surface area contributed by atoms with Gasteiger partial charge in [-0.2, -0.15) is 0 Å². The van der Waals surface area contributed by atoms with Gasteiger partial charge in [-0.1, -0.05) is 36.4 Å². The Morgan fingerprint density at radius 1 is 1.27 bits per heavy atom. The van der Waals surface area contributed by atoms with Crippen molar-refractivity contribution in [3.05, 3.63) is 58.3 Å². The van der Waals surface area contributed by atoms with Gasteiger partial charge in [0.05, 0.1) is 12.1 Å². The van der Waals surface area contributed by atoms with E-state index >= 15 is 0 Å². The van der Waals surface area contributed by atoms with E-state index in [0.717, 1.165) is 26.0 Å². The zero-order valence-electron chi connectivity index (χ0n) is 12.3. The number of rotatable bonds is 5. The first-order chi connectivity index (χ1) is 10.8. The molecule has 0 spiro atoms. The van der Waals surface area contributed by atoms with Gasteiger partial charge in [-0.25, -0.2) is 0 Å². The quantitative estimate of drug-likeness (QED) is 0.821. The van der Waals surface area contributed by atoms with Gasteiger partial charge < -0.3 is 15.4 Å². The molecule has 1 aliphatic heterocycles. The molecule has 0 unspecified atom stereocenters. The van der Waals surface area contributed by atoms with Crippen molar-refractivity contribution in [1.82, 2.24) is 10.6 Å². The standard InChI is InChI=1S/C17H20N2OS2/c21-17(18-12-14-8-4-10-20-14)19-16(15-9-5-11-22-15)13-6-2-1-3-7-13/h1-3,5-7,9,11,14,16H,4,8,10,12H2,(H2,18,19,21)/t14-,16+/m1/s1. The maximum Gasteiger partial charge on any atom is 0.167 e. The zero-order valence-corrected chi connectivity index (χ0v) is 14.0. The highest BCUT2D eigenvalue weighted by Crippen LogP contribution is 2.25. The third kappa shape index (κ3) is 4.06. The van der Waals surface area contributed by atoms with Crippen LogP contribution in [0.15, 0.2) is 47.8 Å². The Balaban J connectivity index is 1.64. The second-order valence-corrected chi connectivity index (χ2v) is 6.74. The van der Waals surface area contributed by atoms with Crippen LogP contribution in [-0.4, -0.2) is 24.4 Å². The van der Waals surface area contributed by atoms with E-state index in [1.54, 1.807) is 11.3 Å². The number of hydrogen-bond acceptors (Lipinski definition) is 3. The molecule has 0 aliphatic carbocycles. The molecule has 0 amide bonds. The van der Waals surface area contributed by atoms with Crippen LogP contribution in [0.4, 0.5) is 0 Å². The van der Waals surface area contributed by atoms with Crippen molar-refractivity contribution in [1.29, 1.82) is 0 Å². The summed E-state index contributed by atoms with van der Waals surface area (Å²) in [7, 11) is 0. The second kappa shape index (κ2) is 7.72. The Hall–Kier alpha value is -1.43. The molecule has 1 aromatic carbocycles. The fourth-order valence-electron chi connectivity index (χ4n) is 2.61. The van der Waals surface area contributed by atoms with Crippen molar-refractivity contribution in [2.24, 2.45) is 0 Å². The predicted octanol–water partition coefficient (Wildman–Crippen LogP) is 3.48. The van der Waals surface area contributed by atoms with Gasteiger partial charge in [0.1, 0.15) is 0 Å². The van der Waals surface area contributed by atoms with E-state index in [2.05, 4.69) is 52.4 Å². The van der Waals surface area contributed by atoms with E-state index in [1.807, 2.05) is 6.07 Å². The fraction of sp³-hybridized carbons (Fsp3) is 0.353. The van der Waals surface area contributed by atoms with Crippen LogP contribution < -0.4 is 10.6 Å². The largest absolute Gasteiger partial charge is 0.376 e. The number of thiocarbonyl (C=S) groups is 1. The molecule has 2 N–H and O–H groups in total. The summed E-state index contributed by atoms with van der Waals surface area (Å²) in [6.07, 6.45) is 2.55. The highest BCUT2D eigenvalue weighted by atomic mass is 32.1. The minimum Gasteiger partial charge on any atom is -0.376 e. The normalized spacial score (nSPS) is 18.8. The van der Waals surface area contributed by atoms with Crippen LogP contribution in [0, 0.1) is 0 Å². The van der Waals surface area contributed by atoms with Crippen molar-refractivity contribution in [2.45, 2.75) is 25.0 Å². The molecule has 116 valence electrons. The van der Waals surface area contributed by atoms with E-state index in [0.29, 0.717) is 5.11 Å². The summed E-state index contributed by atoms with van der Waals surface area (Å²) < 4.78 is 5.62. The van der Waals surface area contributed by atoms with Crippen LogP contribution in [0.25, 0.3) is 0 Å². The summed E-state index contributed by atoms with van der Waals surface area (Å²) in [6.45, 7) is 1.64. The van der Waals surface area contributed by atoms with Crippen molar-refractivity contribution in [3.8, 4) is 0 Å². The Morgan fingerprint density at radius 2 is 2.14 bits per heavy atom. The molecule has 1 fully saturated rings. The predicted molar refractivity (Wildman–Crippen MR) is 95.3 cm³/mol. The van der Waals surface area contributed by atoms with Crippen LogP contribution >= 0.6 is 23.6 Å². The van der Waals surface area contributed by atoms with E-state index in [4.69, 9.17) is 17.0 Å². The SMILES string of the molecule is S=C(NC[C@H]1CCCO1)N[C@@H](c1ccccc1)c1cccs1. The number of benzene rings is 1. The van der Waals surface area contributed by atoms with E-state index in [1.165, 1.54) is 10.4 Å². The molecule has 2 heterocycles. The lowest BCUT2D eigenvalue weighted by Crippen LogP contribution is -2.41. The lowest BCUT2D eigenvalue weighted by Gasteiger charge is -2.21. The maximum atomic E-state index is 5.62. The summed E-state index contributed by atoms with van der Waals surface area (Å²) in [4.78, 5) is 1.26. The van der Waals surface area contributed by atoms with Crippen molar-refractivity contribution in [3.63, 3.8) is 0 Å². The van der Waals surface area contributed by atoms with Crippen LogP contribution in [0.3, 0.4) is 0 Å². The lowest BCUT2D eigenvalue weighted by atomic mass is 10.1. The molecular weight excluding hydrogens is 312 g/mol. The second-order valence-electron chi connectivity index (χ2n) is 5.35. The molecule has 2 aromatic rings. The summed E-state index contributed by atoms with van der Waals surface area (Å²) in [5, 5.41) is 9.49. The van der Waals surface area contributed by atoms with Crippen molar-refractivity contribution >= 4 is 28.7 Å². The van der Waals surface area contributed by atoms with Gasteiger partial charge >= 0.3 is 0 Å². The van der Waals surface area contributed by atoms with Crippen LogP contribution in [0.5, 0.6) is 0 Å². The molecule has 0 radical (unpaired) electrons. The summed E-state index contributed by atoms with van der Waals surface area (Å²) >= 11 is 7.20. The molecule has 3 rings (SSSR count). The third-order valence-corrected chi connectivity index (χ3v) is 4.95. The molecule has 22 heavy (non-hydrogen) atoms. The monoisotopic (exact) mass is 332 g/mol. The van der Waals surface area contributed by atoms with Gasteiger partial charge in [-0.05, 0) is 42.1 Å². The van der Waals surface area contributed by atoms with Crippen LogP contribution in [0.2, 0.25) is 0 Å². The average molecular weight is 332 g/mol. The maximum absolute atomic E-state index is 5.62. The number of nitrogens with one attached hydrogen (secondary N) is 2. The molecule has 1 aliphatic rings. The minimum atomic E-state index is 0.0886. The molecule has 1 aromatic heterocycles. The Bertz CT molecular complexity index is 580. The first kappa shape index (κ1) is 15.5. The smallest absolute Gasteiger partial charge is 0.167 e. The average Bonchev–Trinajstić information content (AvgIpc) is 3.25. The first-order valence-corrected chi connectivity index (χ1v) is 8.86. The van der Waals surface area contributed by atoms with Gasteiger partial charge in [0.15, 0.2) is 5.11 Å². The summed E-state index contributed by atoms with van der Waals surface area (Å²) in [5.41, 5.74) is 1.21.